The Balaban J connectivity index is -0.0000000450. The molecule has 0 bridgehead atoms. The summed E-state index contributed by atoms with van der Waals surface area (Å²) in [5.74, 6) is 0.833. The van der Waals surface area contributed by atoms with Crippen LogP contribution < -0.4 is 0 Å². The maximum atomic E-state index is 2.17. The molecule has 34 valence electrons. The first-order chi connectivity index (χ1) is 1.73. The van der Waals surface area contributed by atoms with E-state index in [1.165, 1.54) is 0 Å². The van der Waals surface area contributed by atoms with Crippen LogP contribution in [0.2, 0.25) is 0 Å². The third-order valence-corrected chi connectivity index (χ3v) is 0. The van der Waals surface area contributed by atoms with Crippen molar-refractivity contribution in [1.29, 1.82) is 0 Å². The van der Waals surface area contributed by atoms with E-state index < -0.39 is 0 Å². The van der Waals surface area contributed by atoms with Crippen molar-refractivity contribution in [3.8, 4) is 0 Å². The van der Waals surface area contributed by atoms with Gasteiger partial charge < -0.3 is 13.5 Å². The number of hydrogen-bond acceptors (Lipinski definition) is 0. The van der Waals surface area contributed by atoms with Gasteiger partial charge in [0, 0.05) is 0 Å². The highest BCUT2D eigenvalue weighted by Gasteiger charge is 1.68. The van der Waals surface area contributed by atoms with Crippen LogP contribution >= 0.6 is 0 Å². The van der Waals surface area contributed by atoms with Gasteiger partial charge in [-0.05, 0) is 5.92 Å². The molecule has 1 heteroatoms. The molecule has 0 fully saturated rings. The fourth-order valence-corrected chi connectivity index (χ4v) is 0. The normalized spacial score (nSPS) is 7.20. The molecule has 0 aromatic heterocycles. The molecule has 0 aliphatic rings. The Labute approximate surface area is 42.5 Å². The SMILES string of the molecule is CC(C)C.[H+].[S-2]. The molecule has 0 saturated carbocycles. The highest BCUT2D eigenvalue weighted by molar-refractivity contribution is 7.37. The van der Waals surface area contributed by atoms with Crippen molar-refractivity contribution < 1.29 is 1.43 Å². The topological polar surface area (TPSA) is 0 Å². The second-order valence-corrected chi connectivity index (χ2v) is 1.73. The minimum absolute atomic E-state index is 0. The van der Waals surface area contributed by atoms with E-state index in [1.807, 2.05) is 0 Å². The van der Waals surface area contributed by atoms with Crippen molar-refractivity contribution in [3.63, 3.8) is 0 Å². The molecule has 0 aliphatic carbocycles. The molecule has 0 nitrogen and oxygen atoms in total. The summed E-state index contributed by atoms with van der Waals surface area (Å²) in [5, 5.41) is 0. The molecule has 0 spiro atoms. The van der Waals surface area contributed by atoms with E-state index in [9.17, 15) is 0 Å². The van der Waals surface area contributed by atoms with Gasteiger partial charge >= 0.3 is 1.43 Å². The van der Waals surface area contributed by atoms with Gasteiger partial charge in [0.1, 0.15) is 0 Å². The molecule has 0 amide bonds. The van der Waals surface area contributed by atoms with Crippen LogP contribution in [-0.2, 0) is 13.5 Å². The van der Waals surface area contributed by atoms with Gasteiger partial charge in [0.15, 0.2) is 0 Å². The summed E-state index contributed by atoms with van der Waals surface area (Å²) in [5.41, 5.74) is 0. The zero-order chi connectivity index (χ0) is 3.58. The van der Waals surface area contributed by atoms with Gasteiger partial charge in [0.25, 0.3) is 0 Å². The molecule has 0 unspecified atom stereocenters. The second kappa shape index (κ2) is 4.35. The third-order valence-electron chi connectivity index (χ3n) is 0. The lowest BCUT2D eigenvalue weighted by atomic mass is 10.3. The fourth-order valence-electron chi connectivity index (χ4n) is 0. The molecule has 0 aliphatic heterocycles. The standard InChI is InChI=1S/C4H10.S/c1-4(2)3;/h4H,1-3H3;/q;-2/p+1. The lowest BCUT2D eigenvalue weighted by Crippen LogP contribution is -1.66. The molecule has 0 heterocycles. The van der Waals surface area contributed by atoms with Crippen molar-refractivity contribution in [1.82, 2.24) is 0 Å². The summed E-state index contributed by atoms with van der Waals surface area (Å²) < 4.78 is 0. The summed E-state index contributed by atoms with van der Waals surface area (Å²) in [6, 6.07) is 0. The van der Waals surface area contributed by atoms with Crippen LogP contribution in [0.1, 0.15) is 22.2 Å². The van der Waals surface area contributed by atoms with Crippen molar-refractivity contribution in [2.75, 3.05) is 0 Å². The zero-order valence-corrected chi connectivity index (χ0v) is 4.80. The number of rotatable bonds is 0. The van der Waals surface area contributed by atoms with Crippen molar-refractivity contribution in [3.05, 3.63) is 0 Å². The van der Waals surface area contributed by atoms with Gasteiger partial charge in [-0.1, -0.05) is 20.8 Å². The largest absolute Gasteiger partial charge is 2.00 e. The van der Waals surface area contributed by atoms with E-state index in [0.717, 1.165) is 5.92 Å². The predicted octanol–water partition coefficient (Wildman–Crippen LogP) is 1.77. The quantitative estimate of drug-likeness (QED) is 0.426. The predicted molar refractivity (Wildman–Crippen MR) is 29.0 cm³/mol. The molecule has 0 radical (unpaired) electrons. The van der Waals surface area contributed by atoms with Gasteiger partial charge in [0.2, 0.25) is 0 Å². The van der Waals surface area contributed by atoms with Crippen LogP contribution in [0.3, 0.4) is 0 Å². The Morgan fingerprint density at radius 1 is 1.20 bits per heavy atom. The van der Waals surface area contributed by atoms with Gasteiger partial charge in [-0.25, -0.2) is 0 Å². The second-order valence-electron chi connectivity index (χ2n) is 1.73. The van der Waals surface area contributed by atoms with Gasteiger partial charge in [0.05, 0.1) is 0 Å². The molecule has 0 saturated heterocycles. The molecule has 0 atom stereocenters. The van der Waals surface area contributed by atoms with Crippen LogP contribution in [0.5, 0.6) is 0 Å². The summed E-state index contributed by atoms with van der Waals surface area (Å²) >= 11 is 0. The van der Waals surface area contributed by atoms with Crippen molar-refractivity contribution in [2.24, 2.45) is 5.92 Å². The van der Waals surface area contributed by atoms with Gasteiger partial charge in [-0.15, -0.1) is 0 Å². The molecular weight excluding hydrogens is 80.1 g/mol. The monoisotopic (exact) mass is 91.1 g/mol. The van der Waals surface area contributed by atoms with E-state index in [1.54, 1.807) is 0 Å². The van der Waals surface area contributed by atoms with E-state index in [0.29, 0.717) is 0 Å². The van der Waals surface area contributed by atoms with E-state index >= 15 is 0 Å². The van der Waals surface area contributed by atoms with Gasteiger partial charge in [-0.2, -0.15) is 0 Å². The Bertz CT molecular complexity index is 12.3. The lowest BCUT2D eigenvalue weighted by Gasteiger charge is -2.00. The first-order valence-corrected chi connectivity index (χ1v) is 1.73. The van der Waals surface area contributed by atoms with Crippen LogP contribution in [-0.4, -0.2) is 0 Å². The average molecular weight is 91.2 g/mol. The van der Waals surface area contributed by atoms with Crippen LogP contribution in [0.4, 0.5) is 0 Å². The lowest BCUT2D eigenvalue weighted by molar-refractivity contribution is 0.737. The molecule has 5 heavy (non-hydrogen) atoms. The maximum absolute atomic E-state index is 2.17. The maximum Gasteiger partial charge on any atom is 1.00 e. The highest BCUT2D eigenvalue weighted by Crippen LogP contribution is 1.81. The smallest absolute Gasteiger partial charge is 1.00 e. The summed E-state index contributed by atoms with van der Waals surface area (Å²) in [7, 11) is 0. The number of hydrogen-bond donors (Lipinski definition) is 0. The molecule has 0 aromatic carbocycles. The fraction of sp³-hybridized carbons (Fsp3) is 1.00. The molecular formula is C4H11S-. The van der Waals surface area contributed by atoms with Crippen LogP contribution in [0.15, 0.2) is 0 Å². The molecule has 0 N–H and O–H groups in total. The molecule has 0 rings (SSSR count). The Hall–Kier alpha value is 0.350. The van der Waals surface area contributed by atoms with Crippen LogP contribution in [0.25, 0.3) is 0 Å². The first-order valence-electron chi connectivity index (χ1n) is 1.73. The minimum atomic E-state index is 0. The summed E-state index contributed by atoms with van der Waals surface area (Å²) in [4.78, 5) is 0. The van der Waals surface area contributed by atoms with Gasteiger partial charge in [-0.3, -0.25) is 0 Å². The van der Waals surface area contributed by atoms with Crippen LogP contribution in [0, 0.1) is 5.92 Å². The first kappa shape index (κ1) is 9.02. The zero-order valence-electron chi connectivity index (χ0n) is 4.99. The Kier molecular flexibility index (Phi) is 7.85. The minimum Gasteiger partial charge on any atom is -2.00 e. The average Bonchev–Trinajstić information content (AvgIpc) is 0.811. The third kappa shape index (κ3) is 196. The summed E-state index contributed by atoms with van der Waals surface area (Å²) in [6.45, 7) is 6.50. The Morgan fingerprint density at radius 2 is 1.20 bits per heavy atom. The highest BCUT2D eigenvalue weighted by atomic mass is 32.1. The van der Waals surface area contributed by atoms with E-state index in [2.05, 4.69) is 20.8 Å². The van der Waals surface area contributed by atoms with E-state index in [-0.39, 0.29) is 14.9 Å². The summed E-state index contributed by atoms with van der Waals surface area (Å²) in [6.07, 6.45) is 0. The van der Waals surface area contributed by atoms with Crippen molar-refractivity contribution in [2.45, 2.75) is 20.8 Å². The van der Waals surface area contributed by atoms with Crippen molar-refractivity contribution >= 4 is 13.5 Å². The molecule has 0 aromatic rings. The Morgan fingerprint density at radius 3 is 1.20 bits per heavy atom. The van der Waals surface area contributed by atoms with E-state index in [4.69, 9.17) is 0 Å².